The van der Waals surface area contributed by atoms with Gasteiger partial charge in [0.25, 0.3) is 5.91 Å². The molecule has 0 spiro atoms. The van der Waals surface area contributed by atoms with Crippen molar-refractivity contribution in [3.8, 4) is 0 Å². The van der Waals surface area contributed by atoms with Crippen LogP contribution in [0.3, 0.4) is 0 Å². The molecular weight excluding hydrogens is 550 g/mol. The number of hydrogen-bond acceptors (Lipinski definition) is 4. The Morgan fingerprint density at radius 2 is 1.90 bits per heavy atom. The van der Waals surface area contributed by atoms with Crippen LogP contribution in [-0.4, -0.2) is 57.0 Å². The summed E-state index contributed by atoms with van der Waals surface area (Å²) in [5.74, 6) is -1.65. The Kier molecular flexibility index (Phi) is 11.6. The maximum absolute atomic E-state index is 13.7. The highest BCUT2D eigenvalue weighted by Gasteiger charge is 2.48. The van der Waals surface area contributed by atoms with Gasteiger partial charge in [-0.1, -0.05) is 45.3 Å². The van der Waals surface area contributed by atoms with Crippen LogP contribution in [-0.2, 0) is 18.9 Å². The zero-order chi connectivity index (χ0) is 29.3. The zero-order valence-corrected chi connectivity index (χ0v) is 25.8. The number of urea groups is 1. The molecule has 4 amide bonds. The van der Waals surface area contributed by atoms with Gasteiger partial charge in [-0.25, -0.2) is 13.4 Å². The minimum Gasteiger partial charge on any atom is -0.342 e. The first kappa shape index (κ1) is 32.1. The number of allylic oxidation sites excluding steroid dienone is 1. The quantitative estimate of drug-likeness (QED) is 0.152. The van der Waals surface area contributed by atoms with Gasteiger partial charge in [-0.15, -0.1) is 0 Å². The summed E-state index contributed by atoms with van der Waals surface area (Å²) in [6.45, 7) is 8.13. The van der Waals surface area contributed by atoms with E-state index < -0.39 is 49.8 Å². The van der Waals surface area contributed by atoms with E-state index in [4.69, 9.17) is 0 Å². The third kappa shape index (κ3) is 8.29. The molecule has 11 heteroatoms. The van der Waals surface area contributed by atoms with Crippen LogP contribution in [0.4, 0.5) is 14.9 Å². The lowest BCUT2D eigenvalue weighted by Crippen LogP contribution is -2.56. The summed E-state index contributed by atoms with van der Waals surface area (Å²) < 4.78 is 29.3. The van der Waals surface area contributed by atoms with Crippen molar-refractivity contribution in [2.24, 2.45) is 5.92 Å². The number of amides is 4. The van der Waals surface area contributed by atoms with Crippen molar-refractivity contribution in [1.29, 1.82) is 0 Å². The Hall–Kier alpha value is -2.45. The molecule has 3 N–H and O–H groups in total. The standard InChI is InChI=1S/C29H44FN4O4PS/c1-5-6-7-8-9-10-12-21(2)25(27(36)33-40(38,39-4)29(3)18-19-29)32-26(35)24-13-11-20-34(24)28(37)31-23-16-14-22(30)15-17-23/h10,12,14-17,21,24-25H,5-9,11,13,18-20H2,1-4H3,(H,31,37)(H,32,35)(H,33,36,38)/b12-10-. The van der Waals surface area contributed by atoms with Gasteiger partial charge in [0.15, 0.2) is 0 Å². The van der Waals surface area contributed by atoms with E-state index in [2.05, 4.69) is 22.3 Å². The molecule has 4 unspecified atom stereocenters. The first-order chi connectivity index (χ1) is 19.0. The average Bonchev–Trinajstić information content (AvgIpc) is 3.50. The van der Waals surface area contributed by atoms with Crippen LogP contribution in [0.15, 0.2) is 36.4 Å². The molecule has 222 valence electrons. The molecule has 40 heavy (non-hydrogen) atoms. The van der Waals surface area contributed by atoms with E-state index >= 15 is 0 Å². The largest absolute Gasteiger partial charge is 0.342 e. The summed E-state index contributed by atoms with van der Waals surface area (Å²) in [5, 5.41) is 5.61. The number of anilines is 1. The van der Waals surface area contributed by atoms with E-state index in [1.165, 1.54) is 35.6 Å². The molecule has 8 nitrogen and oxygen atoms in total. The van der Waals surface area contributed by atoms with E-state index in [-0.39, 0.29) is 5.92 Å². The molecule has 1 aromatic rings. The normalized spacial score (nSPS) is 21.0. The number of hydrogen-bond donors (Lipinski definition) is 3. The highest BCUT2D eigenvalue weighted by Crippen LogP contribution is 2.45. The molecule has 4 atom stereocenters. The number of rotatable bonds is 13. The van der Waals surface area contributed by atoms with Crippen LogP contribution in [0.1, 0.15) is 78.6 Å². The molecule has 1 heterocycles. The van der Waals surface area contributed by atoms with Gasteiger partial charge < -0.3 is 15.5 Å². The van der Waals surface area contributed by atoms with Crippen molar-refractivity contribution in [3.05, 3.63) is 42.2 Å². The van der Waals surface area contributed by atoms with E-state index in [0.717, 1.165) is 38.5 Å². The summed E-state index contributed by atoms with van der Waals surface area (Å²) in [6, 6.07) is 3.27. The molecule has 0 radical (unpaired) electrons. The topological polar surface area (TPSA) is 108 Å². The molecule has 2 fully saturated rings. The van der Waals surface area contributed by atoms with Gasteiger partial charge in [-0.2, -0.15) is 0 Å². The minimum atomic E-state index is -2.67. The summed E-state index contributed by atoms with van der Waals surface area (Å²) in [7, 11) is -2.06. The third-order valence-electron chi connectivity index (χ3n) is 7.80. The molecule has 0 aromatic heterocycles. The minimum absolute atomic E-state index is 0.345. The molecule has 0 bridgehead atoms. The van der Waals surface area contributed by atoms with Crippen LogP contribution in [0.2, 0.25) is 0 Å². The lowest BCUT2D eigenvalue weighted by atomic mass is 9.99. The zero-order valence-electron chi connectivity index (χ0n) is 24.1. The number of carbonyl (C=O) groups is 3. The smallest absolute Gasteiger partial charge is 0.322 e. The number of nitrogens with zero attached hydrogens (tertiary/aromatic N) is 1. The Morgan fingerprint density at radius 3 is 2.52 bits per heavy atom. The third-order valence-corrected chi connectivity index (χ3v) is 13.7. The summed E-state index contributed by atoms with van der Waals surface area (Å²) >= 11 is 0. The summed E-state index contributed by atoms with van der Waals surface area (Å²) in [6.07, 6.45) is 12.1. The predicted molar refractivity (Wildman–Crippen MR) is 161 cm³/mol. The SMILES string of the molecule is CCCCCC/C=C\C(C)C(NC(=O)C1CCCN1C(=O)Nc1ccc(F)cc1)C(=O)NS(=O)(=PC)C1(C)CC1. The van der Waals surface area contributed by atoms with Crippen molar-refractivity contribution >= 4 is 40.2 Å². The fourth-order valence-electron chi connectivity index (χ4n) is 4.85. The number of unbranched alkanes of at least 4 members (excludes halogenated alkanes) is 4. The molecule has 1 aliphatic carbocycles. The van der Waals surface area contributed by atoms with Gasteiger partial charge >= 0.3 is 6.03 Å². The number of nitrogens with one attached hydrogen (secondary N) is 3. The van der Waals surface area contributed by atoms with Crippen LogP contribution < -0.4 is 15.4 Å². The highest BCUT2D eigenvalue weighted by molar-refractivity contribution is 8.25. The Balaban J connectivity index is 1.73. The maximum atomic E-state index is 13.7. The van der Waals surface area contributed by atoms with Crippen molar-refractivity contribution < 1.29 is 23.0 Å². The van der Waals surface area contributed by atoms with Crippen LogP contribution in [0.25, 0.3) is 0 Å². The van der Waals surface area contributed by atoms with Crippen molar-refractivity contribution in [2.75, 3.05) is 18.5 Å². The number of likely N-dealkylation sites (tertiary alicyclic amines) is 1. The maximum Gasteiger partial charge on any atom is 0.322 e. The van der Waals surface area contributed by atoms with Gasteiger partial charge in [0, 0.05) is 18.2 Å². The van der Waals surface area contributed by atoms with Crippen LogP contribution in [0.5, 0.6) is 0 Å². The van der Waals surface area contributed by atoms with E-state index in [0.29, 0.717) is 32.4 Å². The first-order valence-electron chi connectivity index (χ1n) is 14.3. The van der Waals surface area contributed by atoms with E-state index in [1.54, 1.807) is 6.66 Å². The van der Waals surface area contributed by atoms with Gasteiger partial charge in [0.1, 0.15) is 17.9 Å². The average molecular weight is 595 g/mol. The van der Waals surface area contributed by atoms with Gasteiger partial charge in [0.05, 0.1) is 14.0 Å². The predicted octanol–water partition coefficient (Wildman–Crippen LogP) is 5.83. The number of benzene rings is 1. The highest BCUT2D eigenvalue weighted by atomic mass is 32.5. The fourth-order valence-corrected chi connectivity index (χ4v) is 9.10. The Morgan fingerprint density at radius 1 is 1.20 bits per heavy atom. The lowest BCUT2D eigenvalue weighted by Gasteiger charge is -2.29. The van der Waals surface area contributed by atoms with Crippen molar-refractivity contribution in [1.82, 2.24) is 14.9 Å². The molecule has 3 rings (SSSR count). The fraction of sp³-hybridized carbons (Fsp3) is 0.621. The second-order valence-corrected chi connectivity index (χ2v) is 16.3. The van der Waals surface area contributed by atoms with Gasteiger partial charge in [0.2, 0.25) is 5.91 Å². The van der Waals surface area contributed by atoms with E-state index in [9.17, 15) is 23.0 Å². The van der Waals surface area contributed by atoms with Gasteiger partial charge in [-0.05, 0) is 83.7 Å². The molecule has 1 saturated heterocycles. The van der Waals surface area contributed by atoms with Crippen LogP contribution >= 0.6 is 7.36 Å². The number of carbonyl (C=O) groups excluding carboxylic acids is 3. The second-order valence-electron chi connectivity index (χ2n) is 11.0. The molecule has 1 aliphatic heterocycles. The van der Waals surface area contributed by atoms with Crippen LogP contribution in [0, 0.1) is 11.7 Å². The molecule has 1 saturated carbocycles. The Labute approximate surface area is 239 Å². The molecular formula is C29H44FN4O4PS. The van der Waals surface area contributed by atoms with Gasteiger partial charge in [-0.3, -0.25) is 14.3 Å². The summed E-state index contributed by atoms with van der Waals surface area (Å²) in [5.41, 5.74) is 0.425. The van der Waals surface area contributed by atoms with E-state index in [1.807, 2.05) is 26.0 Å². The number of halogens is 1. The molecule has 1 aromatic carbocycles. The lowest BCUT2D eigenvalue weighted by molar-refractivity contribution is -0.130. The van der Waals surface area contributed by atoms with Crippen molar-refractivity contribution in [3.63, 3.8) is 0 Å². The second kappa shape index (κ2) is 14.4. The monoisotopic (exact) mass is 594 g/mol. The first-order valence-corrected chi connectivity index (χ1v) is 17.8. The molecule has 2 aliphatic rings. The van der Waals surface area contributed by atoms with Crippen molar-refractivity contribution in [2.45, 2.75) is 95.4 Å². The summed E-state index contributed by atoms with van der Waals surface area (Å²) in [4.78, 5) is 41.5. The Bertz CT molecular complexity index is 1190.